The van der Waals surface area contributed by atoms with Crippen molar-refractivity contribution in [3.63, 3.8) is 0 Å². The lowest BCUT2D eigenvalue weighted by Crippen LogP contribution is -2.36. The van der Waals surface area contributed by atoms with Crippen LogP contribution in [0.25, 0.3) is 0 Å². The minimum atomic E-state index is -1.47. The summed E-state index contributed by atoms with van der Waals surface area (Å²) in [4.78, 5) is 6.35. The molecule has 0 radical (unpaired) electrons. The molecule has 3 N–H and O–H groups in total. The maximum absolute atomic E-state index is 9.06. The Morgan fingerprint density at radius 3 is 2.94 bits per heavy atom. The average Bonchev–Trinajstić information content (AvgIpc) is 2.28. The van der Waals surface area contributed by atoms with Crippen molar-refractivity contribution in [2.45, 2.75) is 13.0 Å². The van der Waals surface area contributed by atoms with Crippen molar-refractivity contribution in [1.29, 1.82) is 0 Å². The molecule has 6 heteroatoms. The van der Waals surface area contributed by atoms with Crippen LogP contribution in [0.5, 0.6) is 0 Å². The minimum Gasteiger partial charge on any atom is -0.423 e. The summed E-state index contributed by atoms with van der Waals surface area (Å²) in [7, 11) is -1.47. The summed E-state index contributed by atoms with van der Waals surface area (Å²) in [6.07, 6.45) is 2.35. The summed E-state index contributed by atoms with van der Waals surface area (Å²) in [5.41, 5.74) is 2.45. The van der Waals surface area contributed by atoms with E-state index in [9.17, 15) is 0 Å². The van der Waals surface area contributed by atoms with Gasteiger partial charge in [0.1, 0.15) is 0 Å². The second kappa shape index (κ2) is 4.92. The Balaban J connectivity index is 2.18. The molecule has 0 aliphatic carbocycles. The molecule has 0 saturated heterocycles. The topological polar surface area (TPSA) is 76.8 Å². The van der Waals surface area contributed by atoms with Gasteiger partial charge < -0.3 is 15.2 Å². The van der Waals surface area contributed by atoms with Crippen molar-refractivity contribution >= 4 is 12.6 Å². The van der Waals surface area contributed by atoms with Crippen LogP contribution in [0.2, 0.25) is 0 Å². The van der Waals surface area contributed by atoms with E-state index in [4.69, 9.17) is 15.2 Å². The number of nitrogens with zero attached hydrogens (tertiary/aromatic N) is 2. The number of aromatic nitrogens is 1. The van der Waals surface area contributed by atoms with Crippen molar-refractivity contribution in [1.82, 2.24) is 9.88 Å². The second-order valence-electron chi connectivity index (χ2n) is 4.00. The number of rotatable bonds is 3. The lowest BCUT2D eigenvalue weighted by molar-refractivity contribution is 0.183. The first-order chi connectivity index (χ1) is 7.70. The van der Waals surface area contributed by atoms with Gasteiger partial charge in [0.15, 0.2) is 0 Å². The monoisotopic (exact) mass is 222 g/mol. The van der Waals surface area contributed by atoms with Crippen LogP contribution in [-0.2, 0) is 13.0 Å². The zero-order valence-corrected chi connectivity index (χ0v) is 9.00. The van der Waals surface area contributed by atoms with Gasteiger partial charge in [-0.2, -0.15) is 0 Å². The highest BCUT2D eigenvalue weighted by atomic mass is 16.4. The smallest absolute Gasteiger partial charge is 0.423 e. The quantitative estimate of drug-likeness (QED) is 0.521. The molecule has 1 aliphatic heterocycles. The molecule has 0 amide bonds. The van der Waals surface area contributed by atoms with E-state index in [1.54, 1.807) is 6.07 Å². The van der Waals surface area contributed by atoms with Gasteiger partial charge in [-0.3, -0.25) is 9.88 Å². The highest BCUT2D eigenvalue weighted by Gasteiger charge is 2.19. The van der Waals surface area contributed by atoms with Gasteiger partial charge in [0.25, 0.3) is 0 Å². The first-order valence-electron chi connectivity index (χ1n) is 5.37. The number of aliphatic hydroxyl groups is 1. The van der Waals surface area contributed by atoms with Crippen LogP contribution in [0.15, 0.2) is 12.3 Å². The van der Waals surface area contributed by atoms with Crippen molar-refractivity contribution in [2.75, 3.05) is 19.7 Å². The predicted octanol–water partition coefficient (Wildman–Crippen LogP) is -1.89. The Labute approximate surface area is 94.5 Å². The third kappa shape index (κ3) is 2.41. The third-order valence-electron chi connectivity index (χ3n) is 2.85. The molecule has 0 fully saturated rings. The van der Waals surface area contributed by atoms with Crippen LogP contribution in [0.3, 0.4) is 0 Å². The molecule has 1 aliphatic rings. The summed E-state index contributed by atoms with van der Waals surface area (Å²) >= 11 is 0. The molecule has 0 bridgehead atoms. The molecular formula is C10H15BN2O3. The molecule has 5 nitrogen and oxygen atoms in total. The lowest BCUT2D eigenvalue weighted by Gasteiger charge is -2.27. The highest BCUT2D eigenvalue weighted by molar-refractivity contribution is 6.58. The number of aliphatic hydroxyl groups excluding tert-OH is 1. The zero-order chi connectivity index (χ0) is 11.5. The predicted molar refractivity (Wildman–Crippen MR) is 60.1 cm³/mol. The van der Waals surface area contributed by atoms with Gasteiger partial charge in [-0.1, -0.05) is 6.07 Å². The van der Waals surface area contributed by atoms with Crippen molar-refractivity contribution < 1.29 is 15.2 Å². The molecule has 2 heterocycles. The van der Waals surface area contributed by atoms with Crippen LogP contribution < -0.4 is 5.46 Å². The Morgan fingerprint density at radius 1 is 1.44 bits per heavy atom. The van der Waals surface area contributed by atoms with Gasteiger partial charge in [-0.05, 0) is 5.56 Å². The minimum absolute atomic E-state index is 0.144. The van der Waals surface area contributed by atoms with Gasteiger partial charge in [0, 0.05) is 43.4 Å². The van der Waals surface area contributed by atoms with Crippen molar-refractivity contribution in [3.8, 4) is 0 Å². The van der Waals surface area contributed by atoms with Crippen LogP contribution in [-0.4, -0.2) is 51.9 Å². The number of hydrogen-bond acceptors (Lipinski definition) is 5. The van der Waals surface area contributed by atoms with Gasteiger partial charge >= 0.3 is 7.12 Å². The van der Waals surface area contributed by atoms with Crippen molar-refractivity contribution in [2.24, 2.45) is 0 Å². The lowest BCUT2D eigenvalue weighted by atomic mass is 9.80. The summed E-state index contributed by atoms with van der Waals surface area (Å²) in [5.74, 6) is 0. The molecular weight excluding hydrogens is 207 g/mol. The maximum atomic E-state index is 9.06. The van der Waals surface area contributed by atoms with Gasteiger partial charge in [-0.15, -0.1) is 0 Å². The van der Waals surface area contributed by atoms with E-state index in [1.807, 2.05) is 0 Å². The SMILES string of the molecule is OCCN1CCc2ncc(B(O)O)cc2C1. The number of fused-ring (bicyclic) bond motifs is 1. The maximum Gasteiger partial charge on any atom is 0.490 e. The molecule has 1 aromatic heterocycles. The molecule has 1 aromatic rings. The third-order valence-corrected chi connectivity index (χ3v) is 2.85. The standard InChI is InChI=1S/C10H15BN2O3/c14-4-3-13-2-1-10-8(7-13)5-9(6-12-10)11(15)16/h5-6,14-16H,1-4,7H2. The van der Waals surface area contributed by atoms with E-state index >= 15 is 0 Å². The highest BCUT2D eigenvalue weighted by Crippen LogP contribution is 2.15. The number of β-amino-alcohol motifs (C(OH)–C–C–N with tert-alkyl or cyclic N) is 1. The average molecular weight is 222 g/mol. The first-order valence-corrected chi connectivity index (χ1v) is 5.37. The second-order valence-corrected chi connectivity index (χ2v) is 4.00. The first kappa shape index (κ1) is 11.5. The van der Waals surface area contributed by atoms with Crippen LogP contribution in [0.4, 0.5) is 0 Å². The fourth-order valence-electron chi connectivity index (χ4n) is 1.98. The number of hydrogen-bond donors (Lipinski definition) is 3. The normalized spacial score (nSPS) is 15.9. The fourth-order valence-corrected chi connectivity index (χ4v) is 1.98. The van der Waals surface area contributed by atoms with Gasteiger partial charge in [0.2, 0.25) is 0 Å². The van der Waals surface area contributed by atoms with Crippen molar-refractivity contribution in [3.05, 3.63) is 23.5 Å². The van der Waals surface area contributed by atoms with Gasteiger partial charge in [0.05, 0.1) is 6.61 Å². The van der Waals surface area contributed by atoms with E-state index in [0.717, 1.165) is 24.2 Å². The number of pyridine rings is 1. The fraction of sp³-hybridized carbons (Fsp3) is 0.500. The van der Waals surface area contributed by atoms with E-state index in [1.165, 1.54) is 6.20 Å². The molecule has 0 spiro atoms. The Bertz CT molecular complexity index is 373. The van der Waals surface area contributed by atoms with E-state index in [2.05, 4.69) is 9.88 Å². The van der Waals surface area contributed by atoms with Gasteiger partial charge in [-0.25, -0.2) is 0 Å². The van der Waals surface area contributed by atoms with Crippen LogP contribution in [0, 0.1) is 0 Å². The Morgan fingerprint density at radius 2 is 2.25 bits per heavy atom. The van der Waals surface area contributed by atoms with Crippen LogP contribution in [0.1, 0.15) is 11.3 Å². The van der Waals surface area contributed by atoms with Crippen LogP contribution >= 0.6 is 0 Å². The molecule has 0 saturated carbocycles. The summed E-state index contributed by atoms with van der Waals surface area (Å²) < 4.78 is 0. The summed E-state index contributed by atoms with van der Waals surface area (Å²) in [6.45, 7) is 2.39. The molecule has 0 aromatic carbocycles. The Hall–Kier alpha value is -0.945. The molecule has 0 atom stereocenters. The van der Waals surface area contributed by atoms with E-state index < -0.39 is 7.12 Å². The molecule has 86 valence electrons. The van der Waals surface area contributed by atoms with E-state index in [0.29, 0.717) is 18.6 Å². The van der Waals surface area contributed by atoms with E-state index in [-0.39, 0.29) is 6.61 Å². The summed E-state index contributed by atoms with van der Waals surface area (Å²) in [6, 6.07) is 1.77. The molecule has 2 rings (SSSR count). The largest absolute Gasteiger partial charge is 0.490 e. The molecule has 16 heavy (non-hydrogen) atoms. The zero-order valence-electron chi connectivity index (χ0n) is 9.00. The Kier molecular flexibility index (Phi) is 3.55. The summed E-state index contributed by atoms with van der Waals surface area (Å²) in [5, 5.41) is 27.0. The molecule has 0 unspecified atom stereocenters.